The summed E-state index contributed by atoms with van der Waals surface area (Å²) in [6, 6.07) is 0. The molecule has 326 valence electrons. The molecule has 0 aromatic rings. The van der Waals surface area contributed by atoms with E-state index in [4.69, 9.17) is 19.1 Å². The van der Waals surface area contributed by atoms with Crippen LogP contribution in [0.25, 0.3) is 0 Å². The van der Waals surface area contributed by atoms with Gasteiger partial charge in [0, 0.05) is 18.8 Å². The SMILES string of the molecule is CCCCCC/C=C\C=C/CCCCCCCC(=O)O[C@H](COC(=O)CCC/C=C\C[C@H]1C=CC(=O)[C@@H]1/C=C/[C@@H](O)CCCCC)COP(=O)(O)OC[C@@H](O)CO. The molecule has 0 aromatic heterocycles. The molecule has 1 aliphatic carbocycles. The zero-order valence-electron chi connectivity index (χ0n) is 34.6. The quantitative estimate of drug-likeness (QED) is 0.0155. The lowest BCUT2D eigenvalue weighted by Crippen LogP contribution is -2.29. The first-order chi connectivity index (χ1) is 27.5. The predicted octanol–water partition coefficient (Wildman–Crippen LogP) is 8.73. The van der Waals surface area contributed by atoms with E-state index in [2.05, 4.69) is 42.7 Å². The van der Waals surface area contributed by atoms with Crippen molar-refractivity contribution in [3.05, 3.63) is 60.8 Å². The number of allylic oxidation sites excluding steroid dienone is 9. The van der Waals surface area contributed by atoms with Gasteiger partial charge in [-0.05, 0) is 69.8 Å². The molecule has 4 N–H and O–H groups in total. The second-order valence-corrected chi connectivity index (χ2v) is 16.2. The number of phosphoric ester groups is 1. The number of aliphatic hydroxyl groups excluding tert-OH is 3. The summed E-state index contributed by atoms with van der Waals surface area (Å²) in [7, 11) is -4.67. The van der Waals surface area contributed by atoms with E-state index in [9.17, 15) is 34.1 Å². The molecule has 0 spiro atoms. The van der Waals surface area contributed by atoms with Crippen LogP contribution in [0.4, 0.5) is 0 Å². The van der Waals surface area contributed by atoms with E-state index >= 15 is 0 Å². The summed E-state index contributed by atoms with van der Waals surface area (Å²) in [6.45, 7) is 2.00. The Balaban J connectivity index is 2.46. The summed E-state index contributed by atoms with van der Waals surface area (Å²) < 4.78 is 32.6. The lowest BCUT2D eigenvalue weighted by Gasteiger charge is -2.20. The molecule has 0 aliphatic heterocycles. The number of rotatable bonds is 36. The highest BCUT2D eigenvalue weighted by atomic mass is 31.2. The Morgan fingerprint density at radius 1 is 0.772 bits per heavy atom. The highest BCUT2D eigenvalue weighted by Crippen LogP contribution is 2.43. The van der Waals surface area contributed by atoms with E-state index in [1.165, 1.54) is 25.7 Å². The smallest absolute Gasteiger partial charge is 0.462 e. The Morgan fingerprint density at radius 3 is 2.09 bits per heavy atom. The summed E-state index contributed by atoms with van der Waals surface area (Å²) in [5, 5.41) is 28.5. The van der Waals surface area contributed by atoms with E-state index in [1.807, 2.05) is 24.3 Å². The molecule has 0 radical (unpaired) electrons. The van der Waals surface area contributed by atoms with Gasteiger partial charge < -0.3 is 29.7 Å². The largest absolute Gasteiger partial charge is 0.472 e. The molecule has 0 saturated heterocycles. The highest BCUT2D eigenvalue weighted by molar-refractivity contribution is 7.47. The van der Waals surface area contributed by atoms with Crippen molar-refractivity contribution in [3.8, 4) is 0 Å². The van der Waals surface area contributed by atoms with Crippen LogP contribution in [0.2, 0.25) is 0 Å². The second-order valence-electron chi connectivity index (χ2n) is 14.7. The molecule has 1 unspecified atom stereocenters. The Hall–Kier alpha value is -2.70. The molecule has 0 heterocycles. The average Bonchev–Trinajstić information content (AvgIpc) is 3.55. The molecule has 0 amide bonds. The normalized spacial score (nSPS) is 18.6. The van der Waals surface area contributed by atoms with Crippen LogP contribution in [0.3, 0.4) is 0 Å². The number of hydrogen-bond acceptors (Lipinski definition) is 11. The van der Waals surface area contributed by atoms with Gasteiger partial charge in [-0.25, -0.2) is 4.57 Å². The zero-order valence-corrected chi connectivity index (χ0v) is 35.5. The van der Waals surface area contributed by atoms with Crippen LogP contribution in [0.1, 0.15) is 142 Å². The van der Waals surface area contributed by atoms with Crippen LogP contribution in [0.15, 0.2) is 60.8 Å². The van der Waals surface area contributed by atoms with Gasteiger partial charge >= 0.3 is 19.8 Å². The standard InChI is InChI=1S/C44H73O12P/c1-3-5-7-8-9-10-11-12-13-14-15-16-17-18-24-28-44(50)56-40(36-55-57(51,52)54-34-39(47)33-45)35-53-43(49)27-23-20-19-22-25-37-29-32-42(48)41(37)31-30-38(46)26-21-6-4-2/h10-13,19,22,29-32,37-41,45-47H,3-9,14-18,20-21,23-28,33-36H2,1-2H3,(H,51,52)/b11-10-,13-12-,22-19-,31-30+/t37-,38-,39-,40+,41+/m0/s1. The van der Waals surface area contributed by atoms with Gasteiger partial charge in [-0.1, -0.05) is 126 Å². The molecule has 0 bridgehead atoms. The number of ether oxygens (including phenoxy) is 2. The maximum absolute atomic E-state index is 12.6. The molecule has 0 fully saturated rings. The molecule has 13 heteroatoms. The lowest BCUT2D eigenvalue weighted by molar-refractivity contribution is -0.161. The third-order valence-corrected chi connectivity index (χ3v) is 10.4. The van der Waals surface area contributed by atoms with Crippen molar-refractivity contribution in [2.45, 2.75) is 161 Å². The minimum atomic E-state index is -4.67. The van der Waals surface area contributed by atoms with E-state index in [1.54, 1.807) is 12.2 Å². The Morgan fingerprint density at radius 2 is 1.39 bits per heavy atom. The number of ketones is 1. The summed E-state index contributed by atoms with van der Waals surface area (Å²) >= 11 is 0. The van der Waals surface area contributed by atoms with Crippen LogP contribution in [0, 0.1) is 11.8 Å². The molecule has 0 aromatic carbocycles. The van der Waals surface area contributed by atoms with E-state index < -0.39 is 64.5 Å². The van der Waals surface area contributed by atoms with Gasteiger partial charge in [0.15, 0.2) is 11.9 Å². The van der Waals surface area contributed by atoms with Crippen molar-refractivity contribution < 1.29 is 57.7 Å². The van der Waals surface area contributed by atoms with Gasteiger partial charge in [-0.3, -0.25) is 23.4 Å². The third-order valence-electron chi connectivity index (χ3n) is 9.42. The minimum Gasteiger partial charge on any atom is -0.462 e. The molecular weight excluding hydrogens is 751 g/mol. The van der Waals surface area contributed by atoms with Crippen molar-refractivity contribution in [1.82, 2.24) is 0 Å². The monoisotopic (exact) mass is 824 g/mol. The van der Waals surface area contributed by atoms with Gasteiger partial charge in [0.1, 0.15) is 12.7 Å². The fraction of sp³-hybridized carbons (Fsp3) is 0.705. The average molecular weight is 825 g/mol. The van der Waals surface area contributed by atoms with Gasteiger partial charge in [-0.15, -0.1) is 0 Å². The van der Waals surface area contributed by atoms with Gasteiger partial charge in [0.2, 0.25) is 0 Å². The van der Waals surface area contributed by atoms with Crippen molar-refractivity contribution in [3.63, 3.8) is 0 Å². The van der Waals surface area contributed by atoms with Gasteiger partial charge in [0.25, 0.3) is 0 Å². The maximum atomic E-state index is 12.6. The van der Waals surface area contributed by atoms with E-state index in [0.29, 0.717) is 32.1 Å². The third kappa shape index (κ3) is 29.2. The van der Waals surface area contributed by atoms with Crippen molar-refractivity contribution in [2.75, 3.05) is 26.4 Å². The van der Waals surface area contributed by atoms with Crippen molar-refractivity contribution >= 4 is 25.5 Å². The summed E-state index contributed by atoms with van der Waals surface area (Å²) in [5.74, 6) is -1.36. The first-order valence-corrected chi connectivity index (χ1v) is 22.8. The van der Waals surface area contributed by atoms with E-state index in [0.717, 1.165) is 57.8 Å². The first-order valence-electron chi connectivity index (χ1n) is 21.3. The van der Waals surface area contributed by atoms with Crippen molar-refractivity contribution in [1.29, 1.82) is 0 Å². The Kier molecular flexibility index (Phi) is 31.4. The van der Waals surface area contributed by atoms with Crippen LogP contribution < -0.4 is 0 Å². The Labute approximate surface area is 342 Å². The summed E-state index contributed by atoms with van der Waals surface area (Å²) in [6.07, 6.45) is 33.9. The fourth-order valence-corrected chi connectivity index (χ4v) is 6.76. The van der Waals surface area contributed by atoms with Crippen molar-refractivity contribution in [2.24, 2.45) is 11.8 Å². The fourth-order valence-electron chi connectivity index (χ4n) is 5.97. The number of unbranched alkanes of at least 4 members (excludes halogenated alkanes) is 12. The zero-order chi connectivity index (χ0) is 42.0. The number of phosphoric acid groups is 1. The summed E-state index contributed by atoms with van der Waals surface area (Å²) in [4.78, 5) is 47.5. The van der Waals surface area contributed by atoms with Gasteiger partial charge in [0.05, 0.1) is 25.9 Å². The maximum Gasteiger partial charge on any atom is 0.472 e. The lowest BCUT2D eigenvalue weighted by atomic mass is 9.90. The number of aliphatic hydroxyl groups is 3. The topological polar surface area (TPSA) is 186 Å². The predicted molar refractivity (Wildman–Crippen MR) is 223 cm³/mol. The molecule has 57 heavy (non-hydrogen) atoms. The number of esters is 2. The van der Waals surface area contributed by atoms with Crippen LogP contribution in [0.5, 0.6) is 0 Å². The number of carbonyl (C=O) groups is 3. The number of hydrogen-bond donors (Lipinski definition) is 4. The minimum absolute atomic E-state index is 0.00829. The molecule has 1 rings (SSSR count). The van der Waals surface area contributed by atoms with Crippen LogP contribution >= 0.6 is 7.82 Å². The first kappa shape index (κ1) is 52.3. The van der Waals surface area contributed by atoms with E-state index in [-0.39, 0.29) is 30.5 Å². The molecule has 6 atom stereocenters. The van der Waals surface area contributed by atoms with Crippen LogP contribution in [-0.2, 0) is 37.5 Å². The van der Waals surface area contributed by atoms with Gasteiger partial charge in [-0.2, -0.15) is 0 Å². The van der Waals surface area contributed by atoms with Crippen LogP contribution in [-0.4, -0.2) is 82.7 Å². The summed E-state index contributed by atoms with van der Waals surface area (Å²) in [5.41, 5.74) is 0. The molecule has 12 nitrogen and oxygen atoms in total. The molecule has 1 aliphatic rings. The Bertz CT molecular complexity index is 1280. The second kappa shape index (κ2) is 34.2. The number of carbonyl (C=O) groups excluding carboxylic acids is 3. The molecule has 0 saturated carbocycles. The highest BCUT2D eigenvalue weighted by Gasteiger charge is 2.28. The molecular formula is C44H73O12P.